The maximum atomic E-state index is 13.9. The summed E-state index contributed by atoms with van der Waals surface area (Å²) >= 11 is 6.27. The number of benzene rings is 2. The van der Waals surface area contributed by atoms with E-state index in [2.05, 4.69) is 10.6 Å². The lowest BCUT2D eigenvalue weighted by atomic mass is 9.85. The molecular formula is C35H50ClN5O4. The van der Waals surface area contributed by atoms with Crippen molar-refractivity contribution in [2.45, 2.75) is 98.8 Å². The van der Waals surface area contributed by atoms with Gasteiger partial charge in [-0.15, -0.1) is 0 Å². The molecule has 3 rings (SSSR count). The lowest BCUT2D eigenvalue weighted by Crippen LogP contribution is -2.55. The molecule has 0 fully saturated rings. The highest BCUT2D eigenvalue weighted by molar-refractivity contribution is 6.31. The fourth-order valence-electron chi connectivity index (χ4n) is 5.29. The normalized spacial score (nSPS) is 11.7. The number of alkyl carbamates (subject to hydrolysis) is 1. The summed E-state index contributed by atoms with van der Waals surface area (Å²) in [5.74, 6) is -0.190. The van der Waals surface area contributed by atoms with Crippen LogP contribution in [0.3, 0.4) is 0 Å². The molecule has 9 nitrogen and oxygen atoms in total. The molecule has 45 heavy (non-hydrogen) atoms. The third-order valence-electron chi connectivity index (χ3n) is 7.23. The van der Waals surface area contributed by atoms with Gasteiger partial charge < -0.3 is 20.3 Å². The van der Waals surface area contributed by atoms with Gasteiger partial charge in [0.05, 0.1) is 17.8 Å². The minimum atomic E-state index is -0.675. The van der Waals surface area contributed by atoms with Crippen molar-refractivity contribution in [3.63, 3.8) is 0 Å². The average molecular weight is 640 g/mol. The predicted molar refractivity (Wildman–Crippen MR) is 185 cm³/mol. The highest BCUT2D eigenvalue weighted by atomic mass is 35.5. The van der Waals surface area contributed by atoms with Gasteiger partial charge in [-0.25, -0.2) is 4.79 Å². The van der Waals surface area contributed by atoms with E-state index in [1.807, 2.05) is 86.6 Å². The number of carbonyl (C=O) groups excluding carboxylic acids is 2. The molecular weight excluding hydrogens is 590 g/mol. The molecule has 1 heterocycles. The number of carbonyl (C=O) groups is 2. The lowest BCUT2D eigenvalue weighted by molar-refractivity contribution is -0.134. The number of anilines is 1. The second kappa shape index (κ2) is 15.0. The minimum Gasteiger partial charge on any atom is -0.444 e. The molecule has 1 aromatic heterocycles. The van der Waals surface area contributed by atoms with Crippen LogP contribution < -0.4 is 16.2 Å². The molecule has 2 aromatic carbocycles. The average Bonchev–Trinajstić information content (AvgIpc) is 2.94. The van der Waals surface area contributed by atoms with Gasteiger partial charge in [0.1, 0.15) is 5.60 Å². The van der Waals surface area contributed by atoms with E-state index >= 15 is 0 Å². The van der Waals surface area contributed by atoms with Crippen LogP contribution in [0.15, 0.2) is 53.3 Å². The second-order valence-electron chi connectivity index (χ2n) is 13.1. The molecule has 0 saturated carbocycles. The maximum Gasteiger partial charge on any atom is 0.408 e. The summed E-state index contributed by atoms with van der Waals surface area (Å²) in [6.45, 7) is 18.9. The van der Waals surface area contributed by atoms with Crippen LogP contribution in [0.4, 0.5) is 10.5 Å². The number of hydrogen-bond acceptors (Lipinski definition) is 6. The van der Waals surface area contributed by atoms with Crippen molar-refractivity contribution in [3.8, 4) is 16.8 Å². The first-order chi connectivity index (χ1) is 20.8. The van der Waals surface area contributed by atoms with Crippen LogP contribution in [0.2, 0.25) is 5.02 Å². The highest BCUT2D eigenvalue weighted by Gasteiger charge is 2.36. The molecule has 0 aliphatic carbocycles. The van der Waals surface area contributed by atoms with E-state index in [0.29, 0.717) is 39.6 Å². The van der Waals surface area contributed by atoms with E-state index in [9.17, 15) is 14.4 Å². The molecule has 2 amide bonds. The molecule has 0 unspecified atom stereocenters. The quantitative estimate of drug-likeness (QED) is 0.253. The summed E-state index contributed by atoms with van der Waals surface area (Å²) in [7, 11) is 3.52. The Morgan fingerprint density at radius 2 is 1.60 bits per heavy atom. The Balaban J connectivity index is 0.00000345. The number of amides is 2. The molecule has 0 radical (unpaired) electrons. The van der Waals surface area contributed by atoms with E-state index in [0.717, 1.165) is 5.56 Å². The van der Waals surface area contributed by atoms with Crippen LogP contribution in [0.5, 0.6) is 0 Å². The molecule has 2 N–H and O–H groups in total. The van der Waals surface area contributed by atoms with Gasteiger partial charge in [0.25, 0.3) is 5.56 Å². The Morgan fingerprint density at radius 3 is 2.16 bits per heavy atom. The Kier molecular flexibility index (Phi) is 12.4. The van der Waals surface area contributed by atoms with Gasteiger partial charge >= 0.3 is 6.09 Å². The van der Waals surface area contributed by atoms with Crippen molar-refractivity contribution < 1.29 is 14.3 Å². The fraction of sp³-hybridized carbons (Fsp3) is 0.486. The standard InChI is InChI=1S/C33H44ClN5O4.C2H6/c1-21-28(24-17-16-22(34)18-25(24)35-9)26(37-39(29(21)41)23-14-12-11-13-15-23)19-27(40)38(10)33(7,8)20-32(5,6)36-30(42)43-31(2,3)4;1-2/h11-18,35H,19-20H2,1-10H3,(H,36,42);1-2H3. The smallest absolute Gasteiger partial charge is 0.408 e. The number of likely N-dealkylation sites (N-methyl/N-ethyl adjacent to an activating group) is 1. The van der Waals surface area contributed by atoms with Gasteiger partial charge in [-0.05, 0) is 86.1 Å². The SMILES string of the molecule is CC.CNc1cc(Cl)ccc1-c1c(CC(=O)N(C)C(C)(C)CC(C)(C)NC(=O)OC(C)(C)C)nn(-c2ccccc2)c(=O)c1C. The first-order valence-electron chi connectivity index (χ1n) is 15.3. The van der Waals surface area contributed by atoms with Crippen LogP contribution in [-0.4, -0.2) is 57.5 Å². The van der Waals surface area contributed by atoms with Gasteiger partial charge in [0.2, 0.25) is 5.91 Å². The van der Waals surface area contributed by atoms with Crippen molar-refractivity contribution in [2.24, 2.45) is 0 Å². The Morgan fingerprint density at radius 1 is 1.00 bits per heavy atom. The number of rotatable bonds is 9. The minimum absolute atomic E-state index is 0.0606. The second-order valence-corrected chi connectivity index (χ2v) is 13.5. The van der Waals surface area contributed by atoms with E-state index in [1.165, 1.54) is 4.68 Å². The van der Waals surface area contributed by atoms with Crippen LogP contribution >= 0.6 is 11.6 Å². The zero-order valence-electron chi connectivity index (χ0n) is 28.9. The van der Waals surface area contributed by atoms with Crippen molar-refractivity contribution in [2.75, 3.05) is 19.4 Å². The summed E-state index contributed by atoms with van der Waals surface area (Å²) in [4.78, 5) is 41.7. The van der Waals surface area contributed by atoms with E-state index in [-0.39, 0.29) is 17.9 Å². The molecule has 0 aliphatic heterocycles. The van der Waals surface area contributed by atoms with Crippen molar-refractivity contribution in [1.82, 2.24) is 20.0 Å². The number of ether oxygens (including phenoxy) is 1. The summed E-state index contributed by atoms with van der Waals surface area (Å²) in [6, 6.07) is 14.5. The summed E-state index contributed by atoms with van der Waals surface area (Å²) in [6.07, 6.45) is -0.126. The van der Waals surface area contributed by atoms with Gasteiger partial charge in [-0.1, -0.05) is 49.7 Å². The van der Waals surface area contributed by atoms with E-state index in [4.69, 9.17) is 21.4 Å². The zero-order chi connectivity index (χ0) is 34.3. The molecule has 3 aromatic rings. The number of aromatic nitrogens is 2. The zero-order valence-corrected chi connectivity index (χ0v) is 29.6. The maximum absolute atomic E-state index is 13.9. The monoisotopic (exact) mass is 639 g/mol. The molecule has 0 saturated heterocycles. The Bertz CT molecular complexity index is 1540. The molecule has 0 atom stereocenters. The highest BCUT2D eigenvalue weighted by Crippen LogP contribution is 2.34. The van der Waals surface area contributed by atoms with E-state index in [1.54, 1.807) is 50.2 Å². The Hall–Kier alpha value is -3.85. The van der Waals surface area contributed by atoms with E-state index < -0.39 is 22.8 Å². The van der Waals surface area contributed by atoms with Crippen LogP contribution in [0.25, 0.3) is 16.8 Å². The van der Waals surface area contributed by atoms with Gasteiger partial charge in [0, 0.05) is 52.6 Å². The number of halogens is 1. The first kappa shape index (κ1) is 37.3. The summed E-state index contributed by atoms with van der Waals surface area (Å²) < 4.78 is 6.79. The Labute approximate surface area is 273 Å². The van der Waals surface area contributed by atoms with Crippen molar-refractivity contribution in [3.05, 3.63) is 75.2 Å². The number of nitrogens with zero attached hydrogens (tertiary/aromatic N) is 3. The fourth-order valence-corrected chi connectivity index (χ4v) is 5.46. The number of nitrogens with one attached hydrogen (secondary N) is 2. The number of para-hydroxylation sites is 1. The van der Waals surface area contributed by atoms with Crippen LogP contribution in [0.1, 0.15) is 80.0 Å². The molecule has 0 aliphatic rings. The van der Waals surface area contributed by atoms with Crippen LogP contribution in [0, 0.1) is 6.92 Å². The molecule has 0 spiro atoms. The molecule has 246 valence electrons. The third kappa shape index (κ3) is 9.82. The van der Waals surface area contributed by atoms with Gasteiger partial charge in [0.15, 0.2) is 0 Å². The number of hydrogen-bond donors (Lipinski definition) is 2. The van der Waals surface area contributed by atoms with Crippen LogP contribution in [-0.2, 0) is 16.0 Å². The topological polar surface area (TPSA) is 106 Å². The first-order valence-corrected chi connectivity index (χ1v) is 15.7. The predicted octanol–water partition coefficient (Wildman–Crippen LogP) is 7.40. The van der Waals surface area contributed by atoms with Gasteiger partial charge in [-0.2, -0.15) is 9.78 Å². The summed E-state index contributed by atoms with van der Waals surface area (Å²) in [5, 5.41) is 11.4. The van der Waals surface area contributed by atoms with Crippen molar-refractivity contribution in [1.29, 1.82) is 0 Å². The lowest BCUT2D eigenvalue weighted by Gasteiger charge is -2.42. The van der Waals surface area contributed by atoms with Gasteiger partial charge in [-0.3, -0.25) is 9.59 Å². The van der Waals surface area contributed by atoms with Crippen molar-refractivity contribution >= 4 is 29.3 Å². The third-order valence-corrected chi connectivity index (χ3v) is 7.47. The summed E-state index contributed by atoms with van der Waals surface area (Å²) in [5.41, 5.74) is 1.31. The molecule has 0 bridgehead atoms. The largest absolute Gasteiger partial charge is 0.444 e. The molecule has 10 heteroatoms.